The lowest BCUT2D eigenvalue weighted by Gasteiger charge is -2.11. The fraction of sp³-hybridized carbons (Fsp3) is 0.200. The molecule has 2 aromatic carbocycles. The molecule has 0 fully saturated rings. The van der Waals surface area contributed by atoms with E-state index in [0.29, 0.717) is 17.2 Å². The van der Waals surface area contributed by atoms with Gasteiger partial charge < -0.3 is 14.2 Å². The molecule has 0 aliphatic rings. The Morgan fingerprint density at radius 2 is 1.65 bits per heavy atom. The quantitative estimate of drug-likeness (QED) is 0.636. The van der Waals surface area contributed by atoms with E-state index in [0.717, 1.165) is 10.8 Å². The summed E-state index contributed by atoms with van der Waals surface area (Å²) in [6.07, 6.45) is 0. The van der Waals surface area contributed by atoms with E-state index < -0.39 is 5.97 Å². The first-order chi connectivity index (χ1) is 9.51. The standard InChI is InChI=1S/C15H14O5/c1-9(16)19-12-5-6-13-11(8-12)4-7-14(15(13)18-3)20-10(2)17/h4-8H,1-3H3. The topological polar surface area (TPSA) is 61.8 Å². The summed E-state index contributed by atoms with van der Waals surface area (Å²) in [7, 11) is 1.50. The zero-order valence-electron chi connectivity index (χ0n) is 11.4. The van der Waals surface area contributed by atoms with E-state index in [1.54, 1.807) is 30.3 Å². The summed E-state index contributed by atoms with van der Waals surface area (Å²) in [5.41, 5.74) is 0. The largest absolute Gasteiger partial charge is 0.492 e. The lowest BCUT2D eigenvalue weighted by atomic mass is 10.1. The van der Waals surface area contributed by atoms with Gasteiger partial charge in [0.05, 0.1) is 7.11 Å². The van der Waals surface area contributed by atoms with Gasteiger partial charge in [-0.3, -0.25) is 9.59 Å². The molecule has 0 unspecified atom stereocenters. The number of fused-ring (bicyclic) bond motifs is 1. The van der Waals surface area contributed by atoms with Crippen molar-refractivity contribution in [2.75, 3.05) is 7.11 Å². The minimum absolute atomic E-state index is 0.354. The number of carbonyl (C=O) groups is 2. The molecule has 0 spiro atoms. The number of esters is 2. The van der Waals surface area contributed by atoms with Crippen LogP contribution in [0.2, 0.25) is 0 Å². The highest BCUT2D eigenvalue weighted by molar-refractivity contribution is 5.92. The summed E-state index contributed by atoms with van der Waals surface area (Å²) in [5, 5.41) is 1.58. The molecule has 104 valence electrons. The molecule has 0 bridgehead atoms. The van der Waals surface area contributed by atoms with E-state index in [1.807, 2.05) is 0 Å². The van der Waals surface area contributed by atoms with Gasteiger partial charge in [-0.25, -0.2) is 0 Å². The average molecular weight is 274 g/mol. The zero-order valence-corrected chi connectivity index (χ0v) is 11.4. The Morgan fingerprint density at radius 1 is 0.950 bits per heavy atom. The maximum absolute atomic E-state index is 11.1. The number of ether oxygens (including phenoxy) is 3. The summed E-state index contributed by atoms with van der Waals surface area (Å²) in [6, 6.07) is 8.53. The Balaban J connectivity index is 2.52. The third-order valence-electron chi connectivity index (χ3n) is 2.63. The van der Waals surface area contributed by atoms with Gasteiger partial charge in [-0.05, 0) is 29.7 Å². The molecule has 2 rings (SSSR count). The number of hydrogen-bond donors (Lipinski definition) is 0. The van der Waals surface area contributed by atoms with Crippen LogP contribution in [0, 0.1) is 0 Å². The van der Waals surface area contributed by atoms with Gasteiger partial charge in [-0.1, -0.05) is 6.07 Å². The molecule has 0 aromatic heterocycles. The second kappa shape index (κ2) is 5.61. The van der Waals surface area contributed by atoms with E-state index in [4.69, 9.17) is 14.2 Å². The van der Waals surface area contributed by atoms with Crippen LogP contribution in [0.3, 0.4) is 0 Å². The second-order valence-corrected chi connectivity index (χ2v) is 4.17. The van der Waals surface area contributed by atoms with E-state index >= 15 is 0 Å². The maximum Gasteiger partial charge on any atom is 0.308 e. The number of hydrogen-bond acceptors (Lipinski definition) is 5. The Labute approximate surface area is 116 Å². The number of carbonyl (C=O) groups excluding carboxylic acids is 2. The highest BCUT2D eigenvalue weighted by atomic mass is 16.6. The van der Waals surface area contributed by atoms with Gasteiger partial charge in [0.15, 0.2) is 11.5 Å². The van der Waals surface area contributed by atoms with Crippen LogP contribution in [0.4, 0.5) is 0 Å². The fourth-order valence-corrected chi connectivity index (χ4v) is 1.93. The van der Waals surface area contributed by atoms with Gasteiger partial charge >= 0.3 is 11.9 Å². The Hall–Kier alpha value is -2.56. The normalized spacial score (nSPS) is 10.2. The minimum atomic E-state index is -0.417. The lowest BCUT2D eigenvalue weighted by molar-refractivity contribution is -0.132. The summed E-state index contributed by atoms with van der Waals surface area (Å²) in [6.45, 7) is 2.67. The van der Waals surface area contributed by atoms with E-state index in [9.17, 15) is 9.59 Å². The Kier molecular flexibility index (Phi) is 3.89. The maximum atomic E-state index is 11.1. The SMILES string of the molecule is COc1c(OC(C)=O)ccc2cc(OC(C)=O)ccc12. The number of methoxy groups -OCH3 is 1. The molecule has 0 amide bonds. The van der Waals surface area contributed by atoms with E-state index in [1.165, 1.54) is 21.0 Å². The third kappa shape index (κ3) is 2.88. The van der Waals surface area contributed by atoms with Crippen LogP contribution >= 0.6 is 0 Å². The van der Waals surface area contributed by atoms with Gasteiger partial charge in [-0.2, -0.15) is 0 Å². The molecule has 20 heavy (non-hydrogen) atoms. The van der Waals surface area contributed by atoms with Crippen LogP contribution in [0.25, 0.3) is 10.8 Å². The molecule has 0 saturated heterocycles. The molecule has 5 nitrogen and oxygen atoms in total. The molecule has 0 radical (unpaired) electrons. The smallest absolute Gasteiger partial charge is 0.308 e. The van der Waals surface area contributed by atoms with Gasteiger partial charge in [-0.15, -0.1) is 0 Å². The molecule has 0 aliphatic carbocycles. The van der Waals surface area contributed by atoms with Crippen molar-refractivity contribution in [1.29, 1.82) is 0 Å². The summed E-state index contributed by atoms with van der Waals surface area (Å²) in [5.74, 6) is 0.471. The van der Waals surface area contributed by atoms with Gasteiger partial charge in [0.25, 0.3) is 0 Å². The van der Waals surface area contributed by atoms with Gasteiger partial charge in [0, 0.05) is 19.2 Å². The Bertz CT molecular complexity index is 675. The second-order valence-electron chi connectivity index (χ2n) is 4.17. The number of rotatable bonds is 3. The highest BCUT2D eigenvalue weighted by Crippen LogP contribution is 2.37. The molecule has 5 heteroatoms. The minimum Gasteiger partial charge on any atom is -0.492 e. The zero-order chi connectivity index (χ0) is 14.7. The molecule has 0 aliphatic heterocycles. The van der Waals surface area contributed by atoms with Crippen LogP contribution in [-0.4, -0.2) is 19.0 Å². The first-order valence-corrected chi connectivity index (χ1v) is 5.99. The molecule has 0 saturated carbocycles. The van der Waals surface area contributed by atoms with Crippen molar-refractivity contribution in [2.45, 2.75) is 13.8 Å². The first-order valence-electron chi connectivity index (χ1n) is 5.99. The predicted octanol–water partition coefficient (Wildman–Crippen LogP) is 2.70. The van der Waals surface area contributed by atoms with E-state index in [-0.39, 0.29) is 5.97 Å². The van der Waals surface area contributed by atoms with Crippen molar-refractivity contribution in [3.63, 3.8) is 0 Å². The van der Waals surface area contributed by atoms with Crippen molar-refractivity contribution >= 4 is 22.7 Å². The summed E-state index contributed by atoms with van der Waals surface area (Å²) < 4.78 is 15.4. The average Bonchev–Trinajstić information content (AvgIpc) is 2.37. The summed E-state index contributed by atoms with van der Waals surface area (Å²) in [4.78, 5) is 22.0. The van der Waals surface area contributed by atoms with Crippen molar-refractivity contribution in [3.8, 4) is 17.2 Å². The van der Waals surface area contributed by atoms with Crippen LogP contribution < -0.4 is 14.2 Å². The van der Waals surface area contributed by atoms with Gasteiger partial charge in [0.1, 0.15) is 5.75 Å². The van der Waals surface area contributed by atoms with E-state index in [2.05, 4.69) is 0 Å². The fourth-order valence-electron chi connectivity index (χ4n) is 1.93. The monoisotopic (exact) mass is 274 g/mol. The molecule has 0 N–H and O–H groups in total. The molecular formula is C15H14O5. The van der Waals surface area contributed by atoms with Crippen LogP contribution in [0.15, 0.2) is 30.3 Å². The molecular weight excluding hydrogens is 260 g/mol. The number of benzene rings is 2. The molecule has 2 aromatic rings. The third-order valence-corrected chi connectivity index (χ3v) is 2.63. The highest BCUT2D eigenvalue weighted by Gasteiger charge is 2.12. The summed E-state index contributed by atoms with van der Waals surface area (Å²) >= 11 is 0. The predicted molar refractivity (Wildman–Crippen MR) is 73.1 cm³/mol. The van der Waals surface area contributed by atoms with Crippen molar-refractivity contribution < 1.29 is 23.8 Å². The Morgan fingerprint density at radius 3 is 2.25 bits per heavy atom. The molecule has 0 atom stereocenters. The van der Waals surface area contributed by atoms with Crippen molar-refractivity contribution in [1.82, 2.24) is 0 Å². The van der Waals surface area contributed by atoms with Crippen LogP contribution in [0.5, 0.6) is 17.2 Å². The van der Waals surface area contributed by atoms with Crippen LogP contribution in [-0.2, 0) is 9.59 Å². The molecule has 0 heterocycles. The van der Waals surface area contributed by atoms with Crippen molar-refractivity contribution in [2.24, 2.45) is 0 Å². The van der Waals surface area contributed by atoms with Gasteiger partial charge in [0.2, 0.25) is 0 Å². The lowest BCUT2D eigenvalue weighted by Crippen LogP contribution is -2.03. The van der Waals surface area contributed by atoms with Crippen LogP contribution in [0.1, 0.15) is 13.8 Å². The van der Waals surface area contributed by atoms with Crippen molar-refractivity contribution in [3.05, 3.63) is 30.3 Å². The first kappa shape index (κ1) is 13.9.